The molecule has 14 heteroatoms. The molecule has 0 spiro atoms. The van der Waals surface area contributed by atoms with Crippen LogP contribution in [-0.4, -0.2) is 25.2 Å². The average molecular weight is 571 g/mol. The number of nitrogens with zero attached hydrogens (tertiary/aromatic N) is 2. The summed E-state index contributed by atoms with van der Waals surface area (Å²) in [4.78, 5) is 10.4. The highest BCUT2D eigenvalue weighted by Crippen LogP contribution is 3.02. The number of amides is 1. The molecule has 0 radical (unpaired) electrons. The van der Waals surface area contributed by atoms with Gasteiger partial charge < -0.3 is 19.5 Å². The Balaban J connectivity index is 1.80. The first kappa shape index (κ1) is 29.0. The van der Waals surface area contributed by atoms with Crippen molar-refractivity contribution < 1.29 is 42.8 Å². The van der Waals surface area contributed by atoms with Gasteiger partial charge in [-0.05, 0) is 55.5 Å². The van der Waals surface area contributed by atoms with E-state index in [0.717, 1.165) is 6.07 Å². The van der Waals surface area contributed by atoms with Crippen LogP contribution >= 0.6 is 10.2 Å². The minimum Gasteiger partial charge on any atom is -0.497 e. The summed E-state index contributed by atoms with van der Waals surface area (Å²) < 4.78 is 95.1. The lowest BCUT2D eigenvalue weighted by Gasteiger charge is -2.40. The second-order valence-electron chi connectivity index (χ2n) is 8.35. The van der Waals surface area contributed by atoms with E-state index < -0.39 is 44.6 Å². The number of benzene rings is 3. The molecule has 0 aliphatic carbocycles. The van der Waals surface area contributed by atoms with Crippen molar-refractivity contribution in [3.05, 3.63) is 77.6 Å². The Kier molecular flexibility index (Phi) is 7.16. The van der Waals surface area contributed by atoms with Crippen LogP contribution in [0, 0.1) is 28.5 Å². The highest BCUT2D eigenvalue weighted by atomic mass is 32.5. The minimum atomic E-state index is -9.93. The predicted octanol–water partition coefficient (Wildman–Crippen LogP) is 7.25. The molecule has 1 atom stereocenters. The Labute approximate surface area is 218 Å². The van der Waals surface area contributed by atoms with Gasteiger partial charge in [0.2, 0.25) is 0 Å². The molecule has 1 N–H and O–H groups in total. The van der Waals surface area contributed by atoms with Crippen LogP contribution in [-0.2, 0) is 0 Å². The molecule has 206 valence electrons. The molecule has 0 saturated carbocycles. The molecule has 0 aromatic heterocycles. The maximum absolute atomic E-state index is 14.4. The highest BCUT2D eigenvalue weighted by molar-refractivity contribution is 8.45. The zero-order valence-electron chi connectivity index (χ0n) is 20.2. The zero-order valence-corrected chi connectivity index (χ0v) is 21.0. The number of hydrogen-bond acceptors (Lipinski definition) is 6. The number of methoxy groups -OCH3 is 1. The van der Waals surface area contributed by atoms with Crippen molar-refractivity contribution >= 4 is 16.1 Å². The van der Waals surface area contributed by atoms with E-state index in [1.807, 2.05) is 6.07 Å². The quantitative estimate of drug-likeness (QED) is 0.272. The van der Waals surface area contributed by atoms with Gasteiger partial charge in [0.25, 0.3) is 5.91 Å². The molecule has 3 aromatic carbocycles. The summed E-state index contributed by atoms with van der Waals surface area (Å²) in [6, 6.07) is 12.6. The molecule has 0 bridgehead atoms. The summed E-state index contributed by atoms with van der Waals surface area (Å²) in [5, 5.41) is 21.1. The number of carbonyl (C=O) groups excluding carboxylic acids is 1. The van der Waals surface area contributed by atoms with E-state index in [1.165, 1.54) is 44.4 Å². The monoisotopic (exact) mass is 571 g/mol. The maximum Gasteiger partial charge on any atom is 0.310 e. The highest BCUT2D eigenvalue weighted by Gasteiger charge is 2.65. The zero-order chi connectivity index (χ0) is 29.1. The second-order valence-corrected chi connectivity index (χ2v) is 10.8. The predicted molar refractivity (Wildman–Crippen MR) is 129 cm³/mol. The van der Waals surface area contributed by atoms with Crippen molar-refractivity contribution in [3.63, 3.8) is 0 Å². The van der Waals surface area contributed by atoms with Gasteiger partial charge in [-0.3, -0.25) is 4.79 Å². The molecule has 0 fully saturated rings. The molecule has 1 amide bonds. The smallest absolute Gasteiger partial charge is 0.310 e. The summed E-state index contributed by atoms with van der Waals surface area (Å²) in [5.74, 6) is -1.93. The molecule has 0 aliphatic rings. The van der Waals surface area contributed by atoms with Crippen molar-refractivity contribution in [3.8, 4) is 35.1 Å². The van der Waals surface area contributed by atoms with Crippen LogP contribution in [0.25, 0.3) is 0 Å². The molecule has 3 rings (SSSR count). The Morgan fingerprint density at radius 2 is 1.59 bits per heavy atom. The fourth-order valence-corrected chi connectivity index (χ4v) is 3.74. The van der Waals surface area contributed by atoms with Crippen molar-refractivity contribution in [1.82, 2.24) is 5.32 Å². The fourth-order valence-electron chi connectivity index (χ4n) is 3.09. The van der Waals surface area contributed by atoms with Crippen LogP contribution < -0.4 is 19.5 Å². The van der Waals surface area contributed by atoms with Crippen LogP contribution in [0.1, 0.15) is 22.8 Å². The fraction of sp³-hybridized carbons (Fsp3) is 0.160. The molecule has 0 saturated heterocycles. The number of nitriles is 2. The number of halogens is 6. The van der Waals surface area contributed by atoms with Crippen molar-refractivity contribution in [2.75, 3.05) is 13.7 Å². The van der Waals surface area contributed by atoms with Crippen LogP contribution in [0.2, 0.25) is 0 Å². The molecule has 0 aliphatic heterocycles. The van der Waals surface area contributed by atoms with Crippen molar-refractivity contribution in [1.29, 1.82) is 10.5 Å². The third-order valence-corrected chi connectivity index (χ3v) is 6.31. The molecular weight excluding hydrogens is 552 g/mol. The molecule has 0 heterocycles. The number of rotatable bonds is 9. The summed E-state index contributed by atoms with van der Waals surface area (Å²) in [7, 11) is -8.57. The Morgan fingerprint density at radius 3 is 2.13 bits per heavy atom. The van der Waals surface area contributed by atoms with Crippen LogP contribution in [0.5, 0.6) is 23.0 Å². The Morgan fingerprint density at radius 1 is 0.949 bits per heavy atom. The normalized spacial score (nSPS) is 14.4. The molecular formula is C25H19F6N3O4S. The maximum atomic E-state index is 14.4. The molecule has 1 unspecified atom stereocenters. The molecule has 3 aromatic rings. The standard InChI is InChI=1S/C25H19F6N3O4S/c1-25(14-33,34-24(35)17-4-7-19(8-5-17)39(27,28,29,30)31)15-37-23-11-16(13-32)3-9-22(23)38-21-10-6-18(36-2)12-20(21)26/h3-12H,15H2,1-2H3,(H,34,35). The first-order chi connectivity index (χ1) is 18.0. The van der Waals surface area contributed by atoms with Gasteiger partial charge in [-0.2, -0.15) is 10.5 Å². The first-order valence-electron chi connectivity index (χ1n) is 10.7. The van der Waals surface area contributed by atoms with Gasteiger partial charge >= 0.3 is 10.2 Å². The van der Waals surface area contributed by atoms with Gasteiger partial charge in [-0.1, -0.05) is 19.4 Å². The van der Waals surface area contributed by atoms with E-state index in [2.05, 4.69) is 5.32 Å². The van der Waals surface area contributed by atoms with Crippen LogP contribution in [0.3, 0.4) is 0 Å². The summed E-state index contributed by atoms with van der Waals surface area (Å²) >= 11 is 0. The lowest BCUT2D eigenvalue weighted by molar-refractivity contribution is 0.0900. The number of hydrogen-bond donors (Lipinski definition) is 1. The van der Waals surface area contributed by atoms with E-state index in [9.17, 15) is 39.1 Å². The molecule has 39 heavy (non-hydrogen) atoms. The van der Waals surface area contributed by atoms with Gasteiger partial charge in [0.05, 0.1) is 24.8 Å². The lowest BCUT2D eigenvalue weighted by Crippen LogP contribution is -2.49. The SMILES string of the molecule is COc1ccc(Oc2ccc(C#N)cc2OCC(C)(C#N)NC(=O)c2ccc(S(F)(F)(F)(F)F)cc2)c(F)c1. The topological polar surface area (TPSA) is 104 Å². The third-order valence-electron chi connectivity index (χ3n) is 5.15. The minimum absolute atomic E-state index is 0.0451. The first-order valence-corrected chi connectivity index (χ1v) is 12.7. The van der Waals surface area contributed by atoms with Crippen molar-refractivity contribution in [2.24, 2.45) is 0 Å². The number of nitrogens with one attached hydrogen (secondary N) is 1. The summed E-state index contributed by atoms with van der Waals surface area (Å²) in [6.07, 6.45) is 0. The third kappa shape index (κ3) is 7.27. The van der Waals surface area contributed by atoms with Crippen LogP contribution in [0.15, 0.2) is 65.6 Å². The van der Waals surface area contributed by atoms with Gasteiger partial charge in [-0.15, -0.1) is 0 Å². The van der Waals surface area contributed by atoms with Gasteiger partial charge in [-0.25, -0.2) is 4.39 Å². The van der Waals surface area contributed by atoms with Gasteiger partial charge in [0.15, 0.2) is 28.6 Å². The van der Waals surface area contributed by atoms with E-state index >= 15 is 0 Å². The Bertz CT molecular complexity index is 1500. The van der Waals surface area contributed by atoms with Gasteiger partial charge in [0.1, 0.15) is 17.3 Å². The van der Waals surface area contributed by atoms with E-state index in [-0.39, 0.29) is 40.7 Å². The van der Waals surface area contributed by atoms with E-state index in [4.69, 9.17) is 14.2 Å². The lowest BCUT2D eigenvalue weighted by atomic mass is 10.0. The average Bonchev–Trinajstić information content (AvgIpc) is 2.87. The summed E-state index contributed by atoms with van der Waals surface area (Å²) in [6.45, 7) is 0.668. The summed E-state index contributed by atoms with van der Waals surface area (Å²) in [5.41, 5.74) is -2.09. The number of ether oxygens (including phenoxy) is 3. The molecule has 7 nitrogen and oxygen atoms in total. The van der Waals surface area contributed by atoms with E-state index in [1.54, 1.807) is 6.07 Å². The van der Waals surface area contributed by atoms with Crippen LogP contribution in [0.4, 0.5) is 23.8 Å². The van der Waals surface area contributed by atoms with E-state index in [0.29, 0.717) is 12.1 Å². The largest absolute Gasteiger partial charge is 0.497 e. The van der Waals surface area contributed by atoms with Crippen molar-refractivity contribution in [2.45, 2.75) is 17.4 Å². The number of carbonyl (C=O) groups is 1. The van der Waals surface area contributed by atoms with Gasteiger partial charge in [0, 0.05) is 17.7 Å². The Hall–Kier alpha value is -4.56. The second kappa shape index (κ2) is 9.63.